The molecule has 0 saturated heterocycles. The van der Waals surface area contributed by atoms with E-state index < -0.39 is 0 Å². The lowest BCUT2D eigenvalue weighted by Gasteiger charge is -2.09. The zero-order valence-electron chi connectivity index (χ0n) is 7.62. The normalized spacial score (nSPS) is 9.77. The van der Waals surface area contributed by atoms with Crippen molar-refractivity contribution in [3.63, 3.8) is 0 Å². The Balaban J connectivity index is 2.69. The number of carbonyl (C=O) groups is 1. The Morgan fingerprint density at radius 3 is 2.85 bits per heavy atom. The Kier molecular flexibility index (Phi) is 3.25. The number of rotatable bonds is 2. The molecule has 1 aromatic heterocycles. The molecule has 0 aliphatic heterocycles. The van der Waals surface area contributed by atoms with Crippen LogP contribution in [0.15, 0.2) is 18.3 Å². The number of pyridine rings is 1. The van der Waals surface area contributed by atoms with E-state index in [1.54, 1.807) is 32.4 Å². The highest BCUT2D eigenvalue weighted by atomic mass is 35.5. The van der Waals surface area contributed by atoms with Crippen LogP contribution in [0, 0.1) is 0 Å². The van der Waals surface area contributed by atoms with Crippen LogP contribution >= 0.6 is 11.6 Å². The fourth-order valence-corrected chi connectivity index (χ4v) is 1.04. The summed E-state index contributed by atoms with van der Waals surface area (Å²) in [5, 5.41) is 0.608. The van der Waals surface area contributed by atoms with Crippen LogP contribution in [0.2, 0.25) is 5.02 Å². The average molecular weight is 199 g/mol. The van der Waals surface area contributed by atoms with Crippen LogP contribution in [-0.4, -0.2) is 29.9 Å². The standard InChI is InChI=1S/C9H11ClN2O/c1-12(2)9(13)6-8-5-7(10)3-4-11-8/h3-5H,6H2,1-2H3. The van der Waals surface area contributed by atoms with Gasteiger partial charge in [0.15, 0.2) is 0 Å². The maximum atomic E-state index is 11.3. The number of likely N-dealkylation sites (N-methyl/N-ethyl adjacent to an activating group) is 1. The molecule has 0 bridgehead atoms. The first-order valence-electron chi connectivity index (χ1n) is 3.90. The first-order chi connectivity index (χ1) is 6.09. The molecule has 1 rings (SSSR count). The number of carbonyl (C=O) groups excluding carboxylic acids is 1. The summed E-state index contributed by atoms with van der Waals surface area (Å²) in [5.41, 5.74) is 0.700. The summed E-state index contributed by atoms with van der Waals surface area (Å²) >= 11 is 5.74. The van der Waals surface area contributed by atoms with Crippen LogP contribution in [0.5, 0.6) is 0 Å². The third-order valence-corrected chi connectivity index (χ3v) is 1.84. The molecule has 0 aromatic carbocycles. The first kappa shape index (κ1) is 9.99. The maximum absolute atomic E-state index is 11.3. The Morgan fingerprint density at radius 1 is 1.62 bits per heavy atom. The van der Waals surface area contributed by atoms with E-state index in [1.807, 2.05) is 0 Å². The summed E-state index contributed by atoms with van der Waals surface area (Å²) < 4.78 is 0. The van der Waals surface area contributed by atoms with E-state index in [0.717, 1.165) is 0 Å². The number of hydrogen-bond acceptors (Lipinski definition) is 2. The molecule has 0 aliphatic rings. The van der Waals surface area contributed by atoms with Gasteiger partial charge in [-0.2, -0.15) is 0 Å². The van der Waals surface area contributed by atoms with Crippen molar-refractivity contribution in [2.24, 2.45) is 0 Å². The van der Waals surface area contributed by atoms with E-state index in [0.29, 0.717) is 17.1 Å². The lowest BCUT2D eigenvalue weighted by molar-refractivity contribution is -0.128. The van der Waals surface area contributed by atoms with Crippen molar-refractivity contribution in [2.75, 3.05) is 14.1 Å². The molecule has 3 nitrogen and oxygen atoms in total. The van der Waals surface area contributed by atoms with Crippen molar-refractivity contribution in [1.29, 1.82) is 0 Å². The highest BCUT2D eigenvalue weighted by Crippen LogP contribution is 2.08. The Labute approximate surface area is 82.3 Å². The predicted octanol–water partition coefficient (Wildman–Crippen LogP) is 1.37. The molecule has 0 atom stereocenters. The van der Waals surface area contributed by atoms with Gasteiger partial charge in [-0.3, -0.25) is 9.78 Å². The third-order valence-electron chi connectivity index (χ3n) is 1.61. The molecular weight excluding hydrogens is 188 g/mol. The average Bonchev–Trinajstić information content (AvgIpc) is 2.04. The van der Waals surface area contributed by atoms with Crippen LogP contribution in [-0.2, 0) is 11.2 Å². The lowest BCUT2D eigenvalue weighted by atomic mass is 10.2. The van der Waals surface area contributed by atoms with Gasteiger partial charge in [0.25, 0.3) is 0 Å². The first-order valence-corrected chi connectivity index (χ1v) is 4.28. The van der Waals surface area contributed by atoms with E-state index in [1.165, 1.54) is 4.90 Å². The van der Waals surface area contributed by atoms with Gasteiger partial charge in [0.05, 0.1) is 12.1 Å². The molecule has 0 N–H and O–H groups in total. The van der Waals surface area contributed by atoms with Gasteiger partial charge in [-0.15, -0.1) is 0 Å². The fourth-order valence-electron chi connectivity index (χ4n) is 0.858. The Hall–Kier alpha value is -1.09. The second kappa shape index (κ2) is 4.23. The second-order valence-electron chi connectivity index (χ2n) is 2.93. The maximum Gasteiger partial charge on any atom is 0.228 e. The van der Waals surface area contributed by atoms with Gasteiger partial charge in [-0.25, -0.2) is 0 Å². The molecule has 1 heterocycles. The monoisotopic (exact) mass is 198 g/mol. The molecule has 0 spiro atoms. The van der Waals surface area contributed by atoms with Crippen molar-refractivity contribution in [3.05, 3.63) is 29.0 Å². The number of halogens is 1. The second-order valence-corrected chi connectivity index (χ2v) is 3.37. The summed E-state index contributed by atoms with van der Waals surface area (Å²) in [5.74, 6) is 0.0229. The molecule has 0 aliphatic carbocycles. The summed E-state index contributed by atoms with van der Waals surface area (Å²) in [6.45, 7) is 0. The zero-order chi connectivity index (χ0) is 9.84. The topological polar surface area (TPSA) is 33.2 Å². The minimum atomic E-state index is 0.0229. The van der Waals surface area contributed by atoms with Crippen molar-refractivity contribution in [1.82, 2.24) is 9.88 Å². The van der Waals surface area contributed by atoms with Crippen LogP contribution < -0.4 is 0 Å². The zero-order valence-corrected chi connectivity index (χ0v) is 8.38. The van der Waals surface area contributed by atoms with Crippen molar-refractivity contribution < 1.29 is 4.79 Å². The molecule has 0 saturated carbocycles. The quantitative estimate of drug-likeness (QED) is 0.719. The fraction of sp³-hybridized carbons (Fsp3) is 0.333. The van der Waals surface area contributed by atoms with Crippen molar-refractivity contribution >= 4 is 17.5 Å². The minimum Gasteiger partial charge on any atom is -0.348 e. The number of amides is 1. The molecule has 1 aromatic rings. The molecule has 1 amide bonds. The number of aromatic nitrogens is 1. The summed E-state index contributed by atoms with van der Waals surface area (Å²) in [7, 11) is 3.43. The highest BCUT2D eigenvalue weighted by Gasteiger charge is 2.06. The smallest absolute Gasteiger partial charge is 0.228 e. The number of hydrogen-bond donors (Lipinski definition) is 0. The predicted molar refractivity (Wildman–Crippen MR) is 51.6 cm³/mol. The van der Waals surface area contributed by atoms with Crippen LogP contribution in [0.4, 0.5) is 0 Å². The van der Waals surface area contributed by atoms with E-state index in [2.05, 4.69) is 4.98 Å². The number of nitrogens with zero attached hydrogens (tertiary/aromatic N) is 2. The molecular formula is C9H11ClN2O. The van der Waals surface area contributed by atoms with E-state index in [9.17, 15) is 4.79 Å². The molecule has 0 unspecified atom stereocenters. The highest BCUT2D eigenvalue weighted by molar-refractivity contribution is 6.30. The Morgan fingerprint density at radius 2 is 2.31 bits per heavy atom. The van der Waals surface area contributed by atoms with E-state index in [4.69, 9.17) is 11.6 Å². The van der Waals surface area contributed by atoms with Crippen LogP contribution in [0.3, 0.4) is 0 Å². The minimum absolute atomic E-state index is 0.0229. The summed E-state index contributed by atoms with van der Waals surface area (Å²) in [6, 6.07) is 3.38. The molecule has 13 heavy (non-hydrogen) atoms. The molecule has 0 fully saturated rings. The summed E-state index contributed by atoms with van der Waals surface area (Å²) in [4.78, 5) is 16.8. The summed E-state index contributed by atoms with van der Waals surface area (Å²) in [6.07, 6.45) is 1.90. The van der Waals surface area contributed by atoms with Crippen molar-refractivity contribution in [2.45, 2.75) is 6.42 Å². The van der Waals surface area contributed by atoms with Gasteiger partial charge in [0, 0.05) is 25.3 Å². The van der Waals surface area contributed by atoms with Gasteiger partial charge in [-0.1, -0.05) is 11.6 Å². The molecule has 4 heteroatoms. The van der Waals surface area contributed by atoms with Crippen LogP contribution in [0.1, 0.15) is 5.69 Å². The van der Waals surface area contributed by atoms with Gasteiger partial charge in [-0.05, 0) is 12.1 Å². The largest absolute Gasteiger partial charge is 0.348 e. The van der Waals surface area contributed by atoms with Crippen LogP contribution in [0.25, 0.3) is 0 Å². The van der Waals surface area contributed by atoms with Gasteiger partial charge >= 0.3 is 0 Å². The van der Waals surface area contributed by atoms with E-state index >= 15 is 0 Å². The van der Waals surface area contributed by atoms with Crippen molar-refractivity contribution in [3.8, 4) is 0 Å². The van der Waals surface area contributed by atoms with Gasteiger partial charge < -0.3 is 4.90 Å². The lowest BCUT2D eigenvalue weighted by Crippen LogP contribution is -2.23. The SMILES string of the molecule is CN(C)C(=O)Cc1cc(Cl)ccn1. The van der Waals surface area contributed by atoms with Gasteiger partial charge in [0.1, 0.15) is 0 Å². The third kappa shape index (κ3) is 3.03. The molecule has 70 valence electrons. The Bertz CT molecular complexity index is 312. The van der Waals surface area contributed by atoms with E-state index in [-0.39, 0.29) is 5.91 Å². The van der Waals surface area contributed by atoms with Gasteiger partial charge in [0.2, 0.25) is 5.91 Å². The molecule has 0 radical (unpaired) electrons.